The lowest BCUT2D eigenvalue weighted by molar-refractivity contribution is 1.06. The molecule has 1 aromatic heterocycles. The smallest absolute Gasteiger partial charge is 0.189 e. The number of nitrogens with one attached hydrogen (secondary N) is 2. The Kier molecular flexibility index (Phi) is 4.46. The Labute approximate surface area is 138 Å². The summed E-state index contributed by atoms with van der Waals surface area (Å²) in [6.45, 7) is 4.28. The molecule has 110 valence electrons. The predicted molar refractivity (Wildman–Crippen MR) is 99.5 cm³/mol. The molecule has 3 aromatic rings. The average Bonchev–Trinajstić information content (AvgIpc) is 3.01. The Morgan fingerprint density at radius 3 is 2.86 bits per heavy atom. The Bertz CT molecular complexity index is 823. The Morgan fingerprint density at radius 2 is 2.05 bits per heavy atom. The van der Waals surface area contributed by atoms with Gasteiger partial charge >= 0.3 is 0 Å². The van der Waals surface area contributed by atoms with Gasteiger partial charge in [-0.1, -0.05) is 42.5 Å². The molecule has 3 rings (SSSR count). The standard InChI is InChI=1S/C17H15N3S2/c1-2-9-18-16(21)20-17-19-15(11-22-17)14-8-7-12-5-3-4-6-13(12)10-14/h2-8,10-11H,1,9H2,(H2,18,19,20,21). The molecule has 22 heavy (non-hydrogen) atoms. The Balaban J connectivity index is 1.79. The van der Waals surface area contributed by atoms with Crippen LogP contribution < -0.4 is 10.6 Å². The lowest BCUT2D eigenvalue weighted by Crippen LogP contribution is -2.28. The number of anilines is 1. The van der Waals surface area contributed by atoms with E-state index in [-0.39, 0.29) is 0 Å². The molecule has 0 aliphatic rings. The third-order valence-corrected chi connectivity index (χ3v) is 4.18. The van der Waals surface area contributed by atoms with Gasteiger partial charge in [0.1, 0.15) is 0 Å². The van der Waals surface area contributed by atoms with Crippen molar-refractivity contribution in [2.24, 2.45) is 0 Å². The van der Waals surface area contributed by atoms with Crippen LogP contribution in [0.2, 0.25) is 0 Å². The summed E-state index contributed by atoms with van der Waals surface area (Å²) < 4.78 is 0. The number of hydrogen-bond donors (Lipinski definition) is 2. The van der Waals surface area contributed by atoms with E-state index in [1.165, 1.54) is 22.1 Å². The van der Waals surface area contributed by atoms with E-state index in [0.717, 1.165) is 16.4 Å². The van der Waals surface area contributed by atoms with Crippen molar-refractivity contribution in [1.82, 2.24) is 10.3 Å². The van der Waals surface area contributed by atoms with E-state index in [2.05, 4.69) is 52.5 Å². The predicted octanol–water partition coefficient (Wildman–Crippen LogP) is 4.44. The molecule has 0 aliphatic heterocycles. The van der Waals surface area contributed by atoms with Crippen molar-refractivity contribution in [2.75, 3.05) is 11.9 Å². The van der Waals surface area contributed by atoms with E-state index in [4.69, 9.17) is 12.2 Å². The van der Waals surface area contributed by atoms with E-state index in [0.29, 0.717) is 11.7 Å². The zero-order valence-electron chi connectivity index (χ0n) is 11.9. The molecule has 0 amide bonds. The fourth-order valence-electron chi connectivity index (χ4n) is 2.12. The molecule has 0 bridgehead atoms. The van der Waals surface area contributed by atoms with E-state index in [1.54, 1.807) is 6.08 Å². The van der Waals surface area contributed by atoms with Crippen molar-refractivity contribution >= 4 is 44.6 Å². The van der Waals surface area contributed by atoms with E-state index >= 15 is 0 Å². The monoisotopic (exact) mass is 325 g/mol. The zero-order valence-corrected chi connectivity index (χ0v) is 13.5. The number of thiocarbonyl (C=S) groups is 1. The summed E-state index contributed by atoms with van der Waals surface area (Å²) in [6.07, 6.45) is 1.76. The molecule has 0 radical (unpaired) electrons. The first-order chi connectivity index (χ1) is 10.8. The molecule has 1 heterocycles. The Hall–Kier alpha value is -2.24. The van der Waals surface area contributed by atoms with Crippen molar-refractivity contribution in [3.8, 4) is 11.3 Å². The number of rotatable bonds is 4. The van der Waals surface area contributed by atoms with E-state index < -0.39 is 0 Å². The second kappa shape index (κ2) is 6.68. The van der Waals surface area contributed by atoms with Crippen molar-refractivity contribution in [1.29, 1.82) is 0 Å². The van der Waals surface area contributed by atoms with Gasteiger partial charge in [0.2, 0.25) is 0 Å². The molecule has 5 heteroatoms. The second-order valence-electron chi connectivity index (χ2n) is 4.72. The van der Waals surface area contributed by atoms with Gasteiger partial charge in [0.15, 0.2) is 10.2 Å². The minimum atomic E-state index is 0.555. The number of fused-ring (bicyclic) bond motifs is 1. The summed E-state index contributed by atoms with van der Waals surface area (Å²) in [4.78, 5) is 4.59. The quantitative estimate of drug-likeness (QED) is 0.549. The summed E-state index contributed by atoms with van der Waals surface area (Å²) in [5, 5.41) is 11.9. The van der Waals surface area contributed by atoms with Crippen LogP contribution >= 0.6 is 23.6 Å². The van der Waals surface area contributed by atoms with Gasteiger partial charge in [0.25, 0.3) is 0 Å². The molecule has 0 atom stereocenters. The highest BCUT2D eigenvalue weighted by Gasteiger charge is 2.06. The summed E-state index contributed by atoms with van der Waals surface area (Å²) in [5.41, 5.74) is 2.05. The van der Waals surface area contributed by atoms with Crippen LogP contribution in [0.5, 0.6) is 0 Å². The number of aromatic nitrogens is 1. The highest BCUT2D eigenvalue weighted by atomic mass is 32.1. The number of hydrogen-bond acceptors (Lipinski definition) is 3. The van der Waals surface area contributed by atoms with E-state index in [9.17, 15) is 0 Å². The van der Waals surface area contributed by atoms with Crippen molar-refractivity contribution in [3.05, 3.63) is 60.5 Å². The molecule has 0 aliphatic carbocycles. The van der Waals surface area contributed by atoms with Crippen molar-refractivity contribution < 1.29 is 0 Å². The highest BCUT2D eigenvalue weighted by Crippen LogP contribution is 2.27. The van der Waals surface area contributed by atoms with Crippen LogP contribution in [0.3, 0.4) is 0 Å². The van der Waals surface area contributed by atoms with Crippen LogP contribution in [0.1, 0.15) is 0 Å². The molecular weight excluding hydrogens is 310 g/mol. The Morgan fingerprint density at radius 1 is 1.23 bits per heavy atom. The number of thiazole rings is 1. The molecule has 2 aromatic carbocycles. The normalized spacial score (nSPS) is 10.4. The summed E-state index contributed by atoms with van der Waals surface area (Å²) in [6, 6.07) is 14.7. The fraction of sp³-hybridized carbons (Fsp3) is 0.0588. The van der Waals surface area contributed by atoms with Crippen molar-refractivity contribution in [2.45, 2.75) is 0 Å². The SMILES string of the molecule is C=CCNC(=S)Nc1nc(-c2ccc3ccccc3c2)cs1. The number of nitrogens with zero attached hydrogens (tertiary/aromatic N) is 1. The van der Waals surface area contributed by atoms with E-state index in [1.807, 2.05) is 17.5 Å². The summed E-state index contributed by atoms with van der Waals surface area (Å²) in [7, 11) is 0. The van der Waals surface area contributed by atoms with Gasteiger partial charge in [0, 0.05) is 17.5 Å². The molecular formula is C17H15N3S2. The summed E-state index contributed by atoms with van der Waals surface area (Å²) >= 11 is 6.72. The largest absolute Gasteiger partial charge is 0.359 e. The summed E-state index contributed by atoms with van der Waals surface area (Å²) in [5.74, 6) is 0. The molecule has 0 saturated carbocycles. The minimum Gasteiger partial charge on any atom is -0.359 e. The van der Waals surface area contributed by atoms with Crippen LogP contribution in [0.25, 0.3) is 22.0 Å². The van der Waals surface area contributed by atoms with Crippen LogP contribution in [0.15, 0.2) is 60.5 Å². The van der Waals surface area contributed by atoms with Gasteiger partial charge in [-0.05, 0) is 29.1 Å². The highest BCUT2D eigenvalue weighted by molar-refractivity contribution is 7.80. The lowest BCUT2D eigenvalue weighted by Gasteiger charge is -2.05. The van der Waals surface area contributed by atoms with Crippen molar-refractivity contribution in [3.63, 3.8) is 0 Å². The zero-order chi connectivity index (χ0) is 15.4. The van der Waals surface area contributed by atoms with Crippen LogP contribution in [-0.2, 0) is 0 Å². The third-order valence-electron chi connectivity index (χ3n) is 3.18. The van der Waals surface area contributed by atoms with Gasteiger partial charge in [-0.2, -0.15) is 0 Å². The van der Waals surface area contributed by atoms with Crippen LogP contribution in [-0.4, -0.2) is 16.6 Å². The van der Waals surface area contributed by atoms with Gasteiger partial charge < -0.3 is 10.6 Å². The number of benzene rings is 2. The first-order valence-electron chi connectivity index (χ1n) is 6.87. The molecule has 0 saturated heterocycles. The van der Waals surface area contributed by atoms with Gasteiger partial charge in [-0.15, -0.1) is 17.9 Å². The molecule has 0 unspecified atom stereocenters. The van der Waals surface area contributed by atoms with Gasteiger partial charge in [0.05, 0.1) is 5.69 Å². The third kappa shape index (κ3) is 3.32. The molecule has 0 fully saturated rings. The van der Waals surface area contributed by atoms with Crippen LogP contribution in [0.4, 0.5) is 5.13 Å². The van der Waals surface area contributed by atoms with Crippen LogP contribution in [0, 0.1) is 0 Å². The minimum absolute atomic E-state index is 0.555. The van der Waals surface area contributed by atoms with Gasteiger partial charge in [-0.25, -0.2) is 4.98 Å². The first-order valence-corrected chi connectivity index (χ1v) is 8.15. The second-order valence-corrected chi connectivity index (χ2v) is 5.99. The average molecular weight is 325 g/mol. The lowest BCUT2D eigenvalue weighted by atomic mass is 10.1. The molecule has 0 spiro atoms. The first kappa shape index (κ1) is 14.7. The van der Waals surface area contributed by atoms with Gasteiger partial charge in [-0.3, -0.25) is 0 Å². The topological polar surface area (TPSA) is 37.0 Å². The maximum absolute atomic E-state index is 5.19. The maximum atomic E-state index is 5.19. The maximum Gasteiger partial charge on any atom is 0.189 e. The molecule has 3 nitrogen and oxygen atoms in total. The fourth-order valence-corrected chi connectivity index (χ4v) is 3.09. The molecule has 2 N–H and O–H groups in total.